The molecule has 3 nitrogen and oxygen atoms in total. The molecule has 0 unspecified atom stereocenters. The maximum absolute atomic E-state index is 6.95. The summed E-state index contributed by atoms with van der Waals surface area (Å²) in [6.07, 6.45) is 0. The van der Waals surface area contributed by atoms with E-state index in [-0.39, 0.29) is 0 Å². The van der Waals surface area contributed by atoms with Crippen LogP contribution < -0.4 is 4.90 Å². The number of nitrogens with zero attached hydrogens (tertiary/aromatic N) is 2. The van der Waals surface area contributed by atoms with Gasteiger partial charge in [-0.05, 0) is 120 Å². The Balaban J connectivity index is 1.13. The number of aryl methyl sites for hydroxylation is 2. The van der Waals surface area contributed by atoms with E-state index in [2.05, 4.69) is 230 Å². The van der Waals surface area contributed by atoms with Crippen molar-refractivity contribution in [3.63, 3.8) is 0 Å². The third-order valence-corrected chi connectivity index (χ3v) is 11.8. The van der Waals surface area contributed by atoms with Gasteiger partial charge in [-0.1, -0.05) is 140 Å². The Kier molecular flexibility index (Phi) is 8.27. The second kappa shape index (κ2) is 14.1. The molecule has 9 aromatic carbocycles. The Bertz CT molecular complexity index is 3210. The Morgan fingerprint density at radius 2 is 0.898 bits per heavy atom. The number of anilines is 3. The lowest BCUT2D eigenvalue weighted by Crippen LogP contribution is -2.13. The van der Waals surface area contributed by atoms with E-state index in [9.17, 15) is 0 Å². The number of rotatable bonds is 7. The Labute approximate surface area is 343 Å². The first-order valence-electron chi connectivity index (χ1n) is 20.3. The van der Waals surface area contributed by atoms with Crippen LogP contribution in [-0.2, 0) is 0 Å². The molecule has 0 atom stereocenters. The summed E-state index contributed by atoms with van der Waals surface area (Å²) in [7, 11) is 0. The standard InChI is InChI=1S/C56H40N2O/c1-37-34-41(39-16-5-3-6-17-39)28-31-49(37)58(50-32-29-42(35-38(50)2)40-18-7-4-8-19-40)53-33-30-45(56-55(53)48-24-11-14-27-54(48)59-56)43-20-15-21-44(36-43)57-51-25-12-9-22-46(51)47-23-10-13-26-52(47)57/h3-36H,1-2H3. The molecule has 0 aliphatic rings. The fourth-order valence-corrected chi connectivity index (χ4v) is 9.06. The summed E-state index contributed by atoms with van der Waals surface area (Å²) in [5.41, 5.74) is 17.8. The average Bonchev–Trinajstić information content (AvgIpc) is 3.85. The van der Waals surface area contributed by atoms with Gasteiger partial charge < -0.3 is 13.9 Å². The predicted molar refractivity (Wildman–Crippen MR) is 249 cm³/mol. The molecule has 0 radical (unpaired) electrons. The van der Waals surface area contributed by atoms with Crippen molar-refractivity contribution in [1.29, 1.82) is 0 Å². The molecule has 11 aromatic rings. The van der Waals surface area contributed by atoms with E-state index in [1.807, 2.05) is 0 Å². The van der Waals surface area contributed by atoms with Crippen LogP contribution in [0.1, 0.15) is 11.1 Å². The topological polar surface area (TPSA) is 21.3 Å². The highest BCUT2D eigenvalue weighted by atomic mass is 16.3. The summed E-state index contributed by atoms with van der Waals surface area (Å²) >= 11 is 0. The lowest BCUT2D eigenvalue weighted by molar-refractivity contribution is 0.670. The molecule has 0 aliphatic heterocycles. The highest BCUT2D eigenvalue weighted by Crippen LogP contribution is 2.48. The monoisotopic (exact) mass is 756 g/mol. The van der Waals surface area contributed by atoms with Crippen LogP contribution in [0.3, 0.4) is 0 Å². The molecule has 0 saturated carbocycles. The molecular weight excluding hydrogens is 717 g/mol. The van der Waals surface area contributed by atoms with Crippen LogP contribution in [0, 0.1) is 13.8 Å². The van der Waals surface area contributed by atoms with Gasteiger partial charge in [0.1, 0.15) is 11.2 Å². The Morgan fingerprint density at radius 1 is 0.390 bits per heavy atom. The SMILES string of the molecule is Cc1cc(-c2ccccc2)ccc1N(c1ccc(-c2ccccc2)cc1C)c1ccc(-c2cccc(-n3c4ccccc4c4ccccc43)c2)c2oc3ccccc3c12. The minimum atomic E-state index is 0.863. The van der Waals surface area contributed by atoms with Gasteiger partial charge in [0, 0.05) is 38.8 Å². The largest absolute Gasteiger partial charge is 0.455 e. The van der Waals surface area contributed by atoms with Crippen molar-refractivity contribution in [2.24, 2.45) is 0 Å². The molecule has 2 heterocycles. The highest BCUT2D eigenvalue weighted by molar-refractivity contribution is 6.17. The quantitative estimate of drug-likeness (QED) is 0.161. The number of benzene rings is 9. The second-order valence-electron chi connectivity index (χ2n) is 15.4. The second-order valence-corrected chi connectivity index (χ2v) is 15.4. The highest BCUT2D eigenvalue weighted by Gasteiger charge is 2.25. The van der Waals surface area contributed by atoms with Crippen LogP contribution in [0.25, 0.3) is 82.8 Å². The molecule has 0 bridgehead atoms. The average molecular weight is 757 g/mol. The van der Waals surface area contributed by atoms with E-state index in [0.29, 0.717) is 0 Å². The summed E-state index contributed by atoms with van der Waals surface area (Å²) < 4.78 is 9.33. The van der Waals surface area contributed by atoms with Gasteiger partial charge in [0.25, 0.3) is 0 Å². The molecule has 0 aliphatic carbocycles. The van der Waals surface area contributed by atoms with Gasteiger partial charge in [-0.15, -0.1) is 0 Å². The molecule has 0 amide bonds. The number of hydrogen-bond acceptors (Lipinski definition) is 2. The van der Waals surface area contributed by atoms with E-state index in [4.69, 9.17) is 4.42 Å². The van der Waals surface area contributed by atoms with Crippen molar-refractivity contribution >= 4 is 60.8 Å². The lowest BCUT2D eigenvalue weighted by atomic mass is 9.97. The van der Waals surface area contributed by atoms with Crippen molar-refractivity contribution in [2.45, 2.75) is 13.8 Å². The molecule has 0 spiro atoms. The van der Waals surface area contributed by atoms with Crippen LogP contribution in [0.2, 0.25) is 0 Å². The van der Waals surface area contributed by atoms with E-state index in [1.165, 1.54) is 55.2 Å². The van der Waals surface area contributed by atoms with Crippen LogP contribution >= 0.6 is 0 Å². The summed E-state index contributed by atoms with van der Waals surface area (Å²) in [5, 5.41) is 4.66. The van der Waals surface area contributed by atoms with E-state index < -0.39 is 0 Å². The Hall–Kier alpha value is -7.62. The predicted octanol–water partition coefficient (Wildman–Crippen LogP) is 15.8. The van der Waals surface area contributed by atoms with E-state index in [1.54, 1.807) is 0 Å². The molecular formula is C56H40N2O. The first kappa shape index (κ1) is 34.6. The molecule has 11 rings (SSSR count). The molecule has 0 N–H and O–H groups in total. The van der Waals surface area contributed by atoms with Gasteiger partial charge in [-0.25, -0.2) is 0 Å². The van der Waals surface area contributed by atoms with Crippen molar-refractivity contribution in [1.82, 2.24) is 4.57 Å². The molecule has 2 aromatic heterocycles. The number of para-hydroxylation sites is 3. The maximum Gasteiger partial charge on any atom is 0.145 e. The summed E-state index contributed by atoms with van der Waals surface area (Å²) in [4.78, 5) is 2.44. The van der Waals surface area contributed by atoms with Gasteiger partial charge in [0.05, 0.1) is 22.1 Å². The van der Waals surface area contributed by atoms with Crippen molar-refractivity contribution in [2.75, 3.05) is 4.90 Å². The zero-order valence-electron chi connectivity index (χ0n) is 32.9. The maximum atomic E-state index is 6.95. The summed E-state index contributed by atoms with van der Waals surface area (Å²) in [6, 6.07) is 74.1. The van der Waals surface area contributed by atoms with Gasteiger partial charge in [-0.2, -0.15) is 0 Å². The van der Waals surface area contributed by atoms with Crippen LogP contribution in [0.4, 0.5) is 17.1 Å². The first-order chi connectivity index (χ1) is 29.1. The number of aromatic nitrogens is 1. The van der Waals surface area contributed by atoms with Crippen LogP contribution in [0.5, 0.6) is 0 Å². The lowest BCUT2D eigenvalue weighted by Gasteiger charge is -2.30. The molecule has 3 heteroatoms. The normalized spacial score (nSPS) is 11.6. The molecule has 59 heavy (non-hydrogen) atoms. The van der Waals surface area contributed by atoms with Gasteiger partial charge in [0.15, 0.2) is 0 Å². The number of furan rings is 1. The van der Waals surface area contributed by atoms with Crippen molar-refractivity contribution in [3.05, 3.63) is 217 Å². The third-order valence-electron chi connectivity index (χ3n) is 11.8. The third kappa shape index (κ3) is 5.82. The van der Waals surface area contributed by atoms with Crippen molar-refractivity contribution in [3.8, 4) is 39.1 Å². The minimum Gasteiger partial charge on any atom is -0.455 e. The molecule has 0 saturated heterocycles. The molecule has 0 fully saturated rings. The van der Waals surface area contributed by atoms with Crippen LogP contribution in [-0.4, -0.2) is 4.57 Å². The fourth-order valence-electron chi connectivity index (χ4n) is 9.06. The number of fused-ring (bicyclic) bond motifs is 6. The zero-order valence-corrected chi connectivity index (χ0v) is 32.9. The van der Waals surface area contributed by atoms with Crippen molar-refractivity contribution < 1.29 is 4.42 Å². The van der Waals surface area contributed by atoms with Gasteiger partial charge in [-0.3, -0.25) is 0 Å². The fraction of sp³-hybridized carbons (Fsp3) is 0.0357. The van der Waals surface area contributed by atoms with Gasteiger partial charge in [0.2, 0.25) is 0 Å². The zero-order chi connectivity index (χ0) is 39.5. The number of hydrogen-bond donors (Lipinski definition) is 0. The smallest absolute Gasteiger partial charge is 0.145 e. The van der Waals surface area contributed by atoms with Crippen LogP contribution in [0.15, 0.2) is 211 Å². The van der Waals surface area contributed by atoms with E-state index in [0.717, 1.165) is 55.8 Å². The summed E-state index contributed by atoms with van der Waals surface area (Å²) in [6.45, 7) is 4.45. The molecule has 280 valence electrons. The first-order valence-corrected chi connectivity index (χ1v) is 20.3. The minimum absolute atomic E-state index is 0.863. The summed E-state index contributed by atoms with van der Waals surface area (Å²) in [5.74, 6) is 0. The Morgan fingerprint density at radius 3 is 1.49 bits per heavy atom. The van der Waals surface area contributed by atoms with E-state index >= 15 is 0 Å². The van der Waals surface area contributed by atoms with Gasteiger partial charge >= 0.3 is 0 Å².